The van der Waals surface area contributed by atoms with Gasteiger partial charge in [-0.3, -0.25) is 4.79 Å². The third kappa shape index (κ3) is 4.40. The molecule has 0 spiro atoms. The van der Waals surface area contributed by atoms with E-state index < -0.39 is 18.1 Å². The summed E-state index contributed by atoms with van der Waals surface area (Å²) in [5.74, 6) is -1.13. The van der Waals surface area contributed by atoms with Gasteiger partial charge in [-0.05, 0) is 41.5 Å². The van der Waals surface area contributed by atoms with Crippen molar-refractivity contribution in [2.45, 2.75) is 37.6 Å². The minimum Gasteiger partial charge on any atom is -0.480 e. The van der Waals surface area contributed by atoms with Crippen LogP contribution in [0.1, 0.15) is 42.7 Å². The largest absolute Gasteiger partial charge is 0.480 e. The highest BCUT2D eigenvalue weighted by molar-refractivity contribution is 5.84. The number of aliphatic carboxylic acids is 1. The van der Waals surface area contributed by atoms with Crippen molar-refractivity contribution in [3.8, 4) is 11.1 Å². The molecule has 0 radical (unpaired) electrons. The Morgan fingerprint density at radius 1 is 1.03 bits per heavy atom. The van der Waals surface area contributed by atoms with Gasteiger partial charge in [-0.2, -0.15) is 0 Å². The highest BCUT2D eigenvalue weighted by atomic mass is 16.5. The van der Waals surface area contributed by atoms with E-state index in [2.05, 4.69) is 29.6 Å². The predicted octanol–water partition coefficient (Wildman–Crippen LogP) is 3.38. The van der Waals surface area contributed by atoms with Crippen LogP contribution in [0.25, 0.3) is 11.1 Å². The molecule has 2 aromatic carbocycles. The van der Waals surface area contributed by atoms with Crippen LogP contribution in [-0.2, 0) is 14.3 Å². The van der Waals surface area contributed by atoms with Crippen LogP contribution in [0, 0.1) is 0 Å². The van der Waals surface area contributed by atoms with Crippen LogP contribution >= 0.6 is 0 Å². The van der Waals surface area contributed by atoms with Gasteiger partial charge in [-0.15, -0.1) is 0 Å². The first-order valence-electron chi connectivity index (χ1n) is 10.7. The lowest BCUT2D eigenvalue weighted by atomic mass is 9.98. The van der Waals surface area contributed by atoms with Crippen molar-refractivity contribution in [1.29, 1.82) is 0 Å². The molecule has 2 aromatic rings. The Morgan fingerprint density at radius 3 is 2.32 bits per heavy atom. The van der Waals surface area contributed by atoms with E-state index >= 15 is 0 Å². The average molecular weight is 422 g/mol. The second kappa shape index (κ2) is 9.20. The number of carbonyl (C=O) groups is 3. The summed E-state index contributed by atoms with van der Waals surface area (Å²) in [5.41, 5.74) is 4.65. The number of carboxylic acid groups (broad SMARTS) is 1. The number of rotatable bonds is 7. The van der Waals surface area contributed by atoms with E-state index in [0.29, 0.717) is 32.4 Å². The fraction of sp³-hybridized carbons (Fsp3) is 0.375. The molecule has 0 saturated carbocycles. The molecule has 7 nitrogen and oxygen atoms in total. The number of carbonyl (C=O) groups excluding carboxylic acids is 2. The summed E-state index contributed by atoms with van der Waals surface area (Å²) in [6.45, 7) is 1.02. The van der Waals surface area contributed by atoms with Gasteiger partial charge in [0.1, 0.15) is 12.6 Å². The molecule has 1 aliphatic heterocycles. The van der Waals surface area contributed by atoms with Crippen LogP contribution in [-0.4, -0.2) is 53.7 Å². The zero-order valence-electron chi connectivity index (χ0n) is 17.3. The molecule has 2 N–H and O–H groups in total. The molecule has 4 rings (SSSR count). The number of alkyl carbamates (subject to hydrolysis) is 1. The maximum absolute atomic E-state index is 12.3. The first kappa shape index (κ1) is 20.9. The van der Waals surface area contributed by atoms with Gasteiger partial charge in [-0.25, -0.2) is 9.59 Å². The van der Waals surface area contributed by atoms with Crippen molar-refractivity contribution in [1.82, 2.24) is 10.2 Å². The highest BCUT2D eigenvalue weighted by Crippen LogP contribution is 2.44. The van der Waals surface area contributed by atoms with Gasteiger partial charge >= 0.3 is 12.1 Å². The maximum atomic E-state index is 12.3. The molecule has 1 heterocycles. The second-order valence-corrected chi connectivity index (χ2v) is 7.94. The van der Waals surface area contributed by atoms with E-state index in [1.54, 1.807) is 0 Å². The number of hydrogen-bond acceptors (Lipinski definition) is 4. The summed E-state index contributed by atoms with van der Waals surface area (Å²) >= 11 is 0. The number of amides is 2. The Balaban J connectivity index is 1.23. The minimum absolute atomic E-state index is 0.00264. The maximum Gasteiger partial charge on any atom is 0.407 e. The Morgan fingerprint density at radius 2 is 1.68 bits per heavy atom. The molecular formula is C24H26N2O5. The van der Waals surface area contributed by atoms with Gasteiger partial charge in [0, 0.05) is 25.4 Å². The second-order valence-electron chi connectivity index (χ2n) is 7.94. The summed E-state index contributed by atoms with van der Waals surface area (Å²) in [6, 6.07) is 15.6. The molecule has 1 atom stereocenters. The van der Waals surface area contributed by atoms with Crippen molar-refractivity contribution in [2.24, 2.45) is 0 Å². The lowest BCUT2D eigenvalue weighted by Gasteiger charge is -2.21. The van der Waals surface area contributed by atoms with Crippen LogP contribution in [0.2, 0.25) is 0 Å². The zero-order valence-corrected chi connectivity index (χ0v) is 17.3. The molecule has 2 amide bonds. The predicted molar refractivity (Wildman–Crippen MR) is 115 cm³/mol. The number of likely N-dealkylation sites (tertiary alicyclic amines) is 1. The van der Waals surface area contributed by atoms with Crippen LogP contribution in [0.15, 0.2) is 48.5 Å². The quantitative estimate of drug-likeness (QED) is 0.667. The summed E-state index contributed by atoms with van der Waals surface area (Å²) in [6.07, 6.45) is 1.33. The molecule has 1 saturated heterocycles. The molecular weight excluding hydrogens is 396 g/mol. The Labute approximate surface area is 181 Å². The normalized spacial score (nSPS) is 17.2. The first-order chi connectivity index (χ1) is 15.1. The first-order valence-corrected chi connectivity index (χ1v) is 10.7. The van der Waals surface area contributed by atoms with E-state index in [1.165, 1.54) is 16.0 Å². The van der Waals surface area contributed by atoms with E-state index in [0.717, 1.165) is 11.1 Å². The van der Waals surface area contributed by atoms with Crippen molar-refractivity contribution in [2.75, 3.05) is 19.7 Å². The number of nitrogens with one attached hydrogen (secondary N) is 1. The summed E-state index contributed by atoms with van der Waals surface area (Å²) in [5, 5.41) is 11.9. The number of carboxylic acids is 1. The van der Waals surface area contributed by atoms with Gasteiger partial charge < -0.3 is 20.1 Å². The minimum atomic E-state index is -0.956. The fourth-order valence-corrected chi connectivity index (χ4v) is 4.55. The summed E-state index contributed by atoms with van der Waals surface area (Å²) in [4.78, 5) is 37.0. The smallest absolute Gasteiger partial charge is 0.407 e. The lowest BCUT2D eigenvalue weighted by molar-refractivity contribution is -0.148. The van der Waals surface area contributed by atoms with Gasteiger partial charge in [0.15, 0.2) is 0 Å². The molecule has 162 valence electrons. The highest BCUT2D eigenvalue weighted by Gasteiger charge is 2.33. The number of fused-ring (bicyclic) bond motifs is 3. The third-order valence-corrected chi connectivity index (χ3v) is 6.04. The number of benzene rings is 2. The molecule has 31 heavy (non-hydrogen) atoms. The lowest BCUT2D eigenvalue weighted by Crippen LogP contribution is -2.40. The van der Waals surface area contributed by atoms with Crippen LogP contribution < -0.4 is 5.32 Å². The molecule has 1 aliphatic carbocycles. The van der Waals surface area contributed by atoms with Gasteiger partial charge in [-0.1, -0.05) is 48.5 Å². The molecule has 1 fully saturated rings. The fourth-order valence-electron chi connectivity index (χ4n) is 4.55. The van der Waals surface area contributed by atoms with E-state index in [9.17, 15) is 19.5 Å². The molecule has 0 bridgehead atoms. The monoisotopic (exact) mass is 422 g/mol. The summed E-state index contributed by atoms with van der Waals surface area (Å²) < 4.78 is 5.47. The molecule has 0 aromatic heterocycles. The van der Waals surface area contributed by atoms with Gasteiger partial charge in [0.2, 0.25) is 5.91 Å². The van der Waals surface area contributed by atoms with Crippen molar-refractivity contribution in [3.63, 3.8) is 0 Å². The standard InChI is InChI=1S/C24H26N2O5/c27-22(26-14-6-11-21(26)23(28)29)12-5-13-25-24(30)31-15-20-18-9-3-1-7-16(18)17-8-2-4-10-19(17)20/h1-4,7-10,20-21H,5-6,11-15H2,(H,25,30)(H,28,29). The van der Waals surface area contributed by atoms with Crippen molar-refractivity contribution in [3.05, 3.63) is 59.7 Å². The van der Waals surface area contributed by atoms with Gasteiger partial charge in [0.25, 0.3) is 0 Å². The van der Waals surface area contributed by atoms with Crippen molar-refractivity contribution >= 4 is 18.0 Å². The van der Waals surface area contributed by atoms with Crippen molar-refractivity contribution < 1.29 is 24.2 Å². The Bertz CT molecular complexity index is 944. The van der Waals surface area contributed by atoms with E-state index in [-0.39, 0.29) is 24.9 Å². The molecule has 7 heteroatoms. The number of ether oxygens (including phenoxy) is 1. The van der Waals surface area contributed by atoms with E-state index in [4.69, 9.17) is 4.74 Å². The molecule has 2 aliphatic rings. The van der Waals surface area contributed by atoms with Crippen LogP contribution in [0.3, 0.4) is 0 Å². The van der Waals surface area contributed by atoms with E-state index in [1.807, 2.05) is 24.3 Å². The topological polar surface area (TPSA) is 95.9 Å². The van der Waals surface area contributed by atoms with Gasteiger partial charge in [0.05, 0.1) is 0 Å². The Hall–Kier alpha value is -3.35. The zero-order chi connectivity index (χ0) is 21.8. The number of nitrogens with zero attached hydrogens (tertiary/aromatic N) is 1. The average Bonchev–Trinajstić information content (AvgIpc) is 3.39. The van der Waals surface area contributed by atoms with Crippen LogP contribution in [0.4, 0.5) is 4.79 Å². The van der Waals surface area contributed by atoms with Crippen LogP contribution in [0.5, 0.6) is 0 Å². The Kier molecular flexibility index (Phi) is 6.21. The SMILES string of the molecule is O=C(NCCCC(=O)N1CCCC1C(=O)O)OCC1c2ccccc2-c2ccccc21. The summed E-state index contributed by atoms with van der Waals surface area (Å²) in [7, 11) is 0. The number of hydrogen-bond donors (Lipinski definition) is 2. The molecule has 1 unspecified atom stereocenters. The third-order valence-electron chi connectivity index (χ3n) is 6.04.